The number of hydrogen-bond acceptors (Lipinski definition) is 5. The Morgan fingerprint density at radius 3 is 2.48 bits per heavy atom. The third-order valence-corrected chi connectivity index (χ3v) is 6.67. The molecule has 0 atom stereocenters. The van der Waals surface area contributed by atoms with E-state index in [4.69, 9.17) is 11.6 Å². The molecule has 2 saturated heterocycles. The van der Waals surface area contributed by atoms with Gasteiger partial charge in [0.25, 0.3) is 17.1 Å². The van der Waals surface area contributed by atoms with Crippen molar-refractivity contribution in [2.45, 2.75) is 33.1 Å². The third kappa shape index (κ3) is 5.68. The van der Waals surface area contributed by atoms with Crippen molar-refractivity contribution in [1.29, 1.82) is 0 Å². The van der Waals surface area contributed by atoms with Crippen LogP contribution >= 0.6 is 23.4 Å². The summed E-state index contributed by atoms with van der Waals surface area (Å²) >= 11 is 7.01. The fourth-order valence-electron chi connectivity index (χ4n) is 3.46. The molecule has 1 aromatic carbocycles. The molecule has 0 spiro atoms. The van der Waals surface area contributed by atoms with Crippen LogP contribution in [0.4, 0.5) is 4.79 Å². The van der Waals surface area contributed by atoms with E-state index in [2.05, 4.69) is 19.2 Å². The summed E-state index contributed by atoms with van der Waals surface area (Å²) < 4.78 is 0. The number of halogens is 1. The average Bonchev–Trinajstić information content (AvgIpc) is 3.02. The molecule has 0 aromatic heterocycles. The van der Waals surface area contributed by atoms with E-state index < -0.39 is 11.1 Å². The lowest BCUT2D eigenvalue weighted by molar-refractivity contribution is -0.129. The number of carbonyl (C=O) groups is 4. The van der Waals surface area contributed by atoms with Gasteiger partial charge in [-0.2, -0.15) is 0 Å². The Balaban J connectivity index is 1.59. The standard InChI is InChI=1S/C22H26ClN3O4S/c1-14(2)7-10-24-18(27)13-26-21(29)19(31-22(26)30)15-8-11-25(12-9-15)20(28)16-5-3-4-6-17(16)23/h3-6,14H,7-13H2,1-2H3,(H,24,27). The van der Waals surface area contributed by atoms with E-state index in [-0.39, 0.29) is 18.4 Å². The van der Waals surface area contributed by atoms with Crippen molar-refractivity contribution in [3.8, 4) is 0 Å². The molecule has 31 heavy (non-hydrogen) atoms. The summed E-state index contributed by atoms with van der Waals surface area (Å²) in [6.45, 7) is 5.26. The van der Waals surface area contributed by atoms with E-state index in [0.29, 0.717) is 53.9 Å². The Hall–Kier alpha value is -2.32. The van der Waals surface area contributed by atoms with Crippen LogP contribution in [-0.2, 0) is 9.59 Å². The largest absolute Gasteiger partial charge is 0.355 e. The number of nitrogens with one attached hydrogen (secondary N) is 1. The highest BCUT2D eigenvalue weighted by Crippen LogP contribution is 2.36. The van der Waals surface area contributed by atoms with Gasteiger partial charge in [0.15, 0.2) is 0 Å². The number of hydrogen-bond donors (Lipinski definition) is 1. The lowest BCUT2D eigenvalue weighted by atomic mass is 10.0. The molecule has 2 aliphatic rings. The van der Waals surface area contributed by atoms with Gasteiger partial charge in [0, 0.05) is 19.6 Å². The molecule has 0 bridgehead atoms. The number of amides is 4. The van der Waals surface area contributed by atoms with E-state index in [1.807, 2.05) is 0 Å². The first-order valence-electron chi connectivity index (χ1n) is 10.3. The average molecular weight is 464 g/mol. The van der Waals surface area contributed by atoms with Crippen LogP contribution < -0.4 is 5.32 Å². The zero-order chi connectivity index (χ0) is 22.5. The van der Waals surface area contributed by atoms with Crippen molar-refractivity contribution in [3.05, 3.63) is 45.3 Å². The number of thioether (sulfide) groups is 1. The summed E-state index contributed by atoms with van der Waals surface area (Å²) in [5.41, 5.74) is 1.31. The van der Waals surface area contributed by atoms with E-state index in [0.717, 1.165) is 28.7 Å². The number of piperidine rings is 1. The van der Waals surface area contributed by atoms with Gasteiger partial charge < -0.3 is 10.2 Å². The highest BCUT2D eigenvalue weighted by molar-refractivity contribution is 8.18. The zero-order valence-corrected chi connectivity index (χ0v) is 19.2. The van der Waals surface area contributed by atoms with Gasteiger partial charge in [-0.05, 0) is 54.6 Å². The van der Waals surface area contributed by atoms with Gasteiger partial charge in [-0.1, -0.05) is 37.6 Å². The number of rotatable bonds is 6. The molecule has 4 amide bonds. The Labute approximate surface area is 191 Å². The molecule has 166 valence electrons. The summed E-state index contributed by atoms with van der Waals surface area (Å²) in [5, 5.41) is 2.73. The van der Waals surface area contributed by atoms with Crippen molar-refractivity contribution < 1.29 is 19.2 Å². The molecule has 0 unspecified atom stereocenters. The van der Waals surface area contributed by atoms with Crippen LogP contribution in [0.3, 0.4) is 0 Å². The lowest BCUT2D eigenvalue weighted by Gasteiger charge is -2.29. The maximum atomic E-state index is 12.8. The molecule has 9 heteroatoms. The van der Waals surface area contributed by atoms with E-state index in [1.54, 1.807) is 29.2 Å². The quantitative estimate of drug-likeness (QED) is 0.650. The van der Waals surface area contributed by atoms with E-state index in [9.17, 15) is 19.2 Å². The van der Waals surface area contributed by atoms with E-state index >= 15 is 0 Å². The Morgan fingerprint density at radius 1 is 1.16 bits per heavy atom. The number of likely N-dealkylation sites (tertiary alicyclic amines) is 1. The first kappa shape index (κ1) is 23.3. The summed E-state index contributed by atoms with van der Waals surface area (Å²) in [6, 6.07) is 6.91. The second kappa shape index (κ2) is 10.3. The van der Waals surface area contributed by atoms with Crippen molar-refractivity contribution in [2.75, 3.05) is 26.2 Å². The third-order valence-electron chi connectivity index (χ3n) is 5.27. The Kier molecular flexibility index (Phi) is 7.78. The van der Waals surface area contributed by atoms with Gasteiger partial charge in [-0.3, -0.25) is 24.1 Å². The number of carbonyl (C=O) groups excluding carboxylic acids is 4. The SMILES string of the molecule is CC(C)CCNC(=O)CN1C(=O)SC(=C2CCN(C(=O)c3ccccc3Cl)CC2)C1=O. The Morgan fingerprint density at radius 2 is 1.84 bits per heavy atom. The molecular formula is C22H26ClN3O4S. The maximum Gasteiger partial charge on any atom is 0.294 e. The van der Waals surface area contributed by atoms with Gasteiger partial charge in [-0.15, -0.1) is 0 Å². The minimum atomic E-state index is -0.430. The molecule has 2 heterocycles. The number of imide groups is 1. The highest BCUT2D eigenvalue weighted by Gasteiger charge is 2.38. The van der Waals surface area contributed by atoms with Crippen molar-refractivity contribution >= 4 is 46.3 Å². The van der Waals surface area contributed by atoms with Crippen LogP contribution in [0.5, 0.6) is 0 Å². The molecule has 0 aliphatic carbocycles. The number of benzene rings is 1. The first-order valence-corrected chi connectivity index (χ1v) is 11.5. The Bertz CT molecular complexity index is 921. The first-order chi connectivity index (χ1) is 14.8. The molecule has 3 rings (SSSR count). The molecule has 2 aliphatic heterocycles. The molecule has 7 nitrogen and oxygen atoms in total. The van der Waals surface area contributed by atoms with E-state index in [1.165, 1.54) is 0 Å². The maximum absolute atomic E-state index is 12.8. The van der Waals surface area contributed by atoms with Crippen LogP contribution in [-0.4, -0.2) is 58.9 Å². The second-order valence-electron chi connectivity index (χ2n) is 8.00. The van der Waals surface area contributed by atoms with Crippen LogP contribution in [0.15, 0.2) is 34.7 Å². The van der Waals surface area contributed by atoms with Crippen molar-refractivity contribution in [2.24, 2.45) is 5.92 Å². The summed E-state index contributed by atoms with van der Waals surface area (Å²) in [6.07, 6.45) is 1.85. The molecule has 1 N–H and O–H groups in total. The molecule has 0 radical (unpaired) electrons. The molecular weight excluding hydrogens is 438 g/mol. The normalized spacial score (nSPS) is 17.0. The van der Waals surface area contributed by atoms with Gasteiger partial charge in [0.2, 0.25) is 5.91 Å². The summed E-state index contributed by atoms with van der Waals surface area (Å²) in [5.74, 6) is -0.446. The predicted molar refractivity (Wildman–Crippen MR) is 121 cm³/mol. The molecule has 0 saturated carbocycles. The molecule has 2 fully saturated rings. The summed E-state index contributed by atoms with van der Waals surface area (Å²) in [4.78, 5) is 53.0. The lowest BCUT2D eigenvalue weighted by Crippen LogP contribution is -2.40. The number of nitrogens with zero attached hydrogens (tertiary/aromatic N) is 2. The van der Waals surface area contributed by atoms with Crippen LogP contribution in [0.2, 0.25) is 5.02 Å². The van der Waals surface area contributed by atoms with Gasteiger partial charge in [-0.25, -0.2) is 0 Å². The van der Waals surface area contributed by atoms with Crippen molar-refractivity contribution in [1.82, 2.24) is 15.1 Å². The fraction of sp³-hybridized carbons (Fsp3) is 0.455. The fourth-order valence-corrected chi connectivity index (χ4v) is 4.66. The smallest absolute Gasteiger partial charge is 0.294 e. The van der Waals surface area contributed by atoms with Gasteiger partial charge >= 0.3 is 0 Å². The van der Waals surface area contributed by atoms with Gasteiger partial charge in [0.05, 0.1) is 15.5 Å². The minimum absolute atomic E-state index is 0.143. The van der Waals surface area contributed by atoms with Crippen molar-refractivity contribution in [3.63, 3.8) is 0 Å². The topological polar surface area (TPSA) is 86.8 Å². The van der Waals surface area contributed by atoms with Crippen LogP contribution in [0, 0.1) is 5.92 Å². The zero-order valence-electron chi connectivity index (χ0n) is 17.7. The molecule has 1 aromatic rings. The predicted octanol–water partition coefficient (Wildman–Crippen LogP) is 3.69. The minimum Gasteiger partial charge on any atom is -0.355 e. The highest BCUT2D eigenvalue weighted by atomic mass is 35.5. The van der Waals surface area contributed by atoms with Gasteiger partial charge in [0.1, 0.15) is 6.54 Å². The second-order valence-corrected chi connectivity index (χ2v) is 9.37. The van der Waals surface area contributed by atoms with Crippen LogP contribution in [0.25, 0.3) is 0 Å². The summed E-state index contributed by atoms with van der Waals surface area (Å²) in [7, 11) is 0. The van der Waals surface area contributed by atoms with Crippen LogP contribution in [0.1, 0.15) is 43.5 Å². The monoisotopic (exact) mass is 463 g/mol.